The van der Waals surface area contributed by atoms with Crippen molar-refractivity contribution < 1.29 is 9.53 Å². The lowest BCUT2D eigenvalue weighted by Gasteiger charge is -2.17. The maximum atomic E-state index is 11.2. The fourth-order valence-electron chi connectivity index (χ4n) is 1.62. The third kappa shape index (κ3) is 10.1. The predicted octanol–water partition coefficient (Wildman–Crippen LogP) is 3.17. The molecule has 0 aromatic rings. The number of ether oxygens (including phenoxy) is 1. The summed E-state index contributed by atoms with van der Waals surface area (Å²) in [4.78, 5) is 13.6. The molecule has 0 rings (SSSR count). The normalized spacial score (nSPS) is 11.8. The van der Waals surface area contributed by atoms with E-state index < -0.39 is 0 Å². The lowest BCUT2D eigenvalue weighted by molar-refractivity contribution is -0.137. The van der Waals surface area contributed by atoms with Gasteiger partial charge in [0.15, 0.2) is 0 Å². The van der Waals surface area contributed by atoms with Crippen LogP contribution in [0.5, 0.6) is 0 Å². The molecule has 0 aliphatic heterocycles. The van der Waals surface area contributed by atoms with Gasteiger partial charge in [0.2, 0.25) is 0 Å². The maximum Gasteiger partial charge on any atom is 0.330 e. The number of carbonyl (C=O) groups excluding carboxylic acids is 1. The minimum atomic E-state index is -0.253. The van der Waals surface area contributed by atoms with Crippen molar-refractivity contribution >= 4 is 5.97 Å². The molecule has 3 heteroatoms. The summed E-state index contributed by atoms with van der Waals surface area (Å²) >= 11 is 0. The quantitative estimate of drug-likeness (QED) is 0.259. The van der Waals surface area contributed by atoms with Gasteiger partial charge in [-0.1, -0.05) is 32.1 Å². The second-order valence-corrected chi connectivity index (χ2v) is 4.14. The van der Waals surface area contributed by atoms with Gasteiger partial charge in [-0.05, 0) is 45.8 Å². The van der Waals surface area contributed by atoms with Crippen molar-refractivity contribution in [1.82, 2.24) is 4.90 Å². The Labute approximate surface area is 112 Å². The third-order valence-electron chi connectivity index (χ3n) is 2.79. The van der Waals surface area contributed by atoms with Gasteiger partial charge in [-0.2, -0.15) is 0 Å². The first-order valence-electron chi connectivity index (χ1n) is 6.93. The highest BCUT2D eigenvalue weighted by atomic mass is 16.5. The van der Waals surface area contributed by atoms with Crippen LogP contribution in [0.3, 0.4) is 0 Å². The number of hydrogen-bond acceptors (Lipinski definition) is 3. The molecule has 0 spiro atoms. The van der Waals surface area contributed by atoms with E-state index in [0.29, 0.717) is 6.61 Å². The van der Waals surface area contributed by atoms with Crippen molar-refractivity contribution in [3.8, 4) is 0 Å². The van der Waals surface area contributed by atoms with E-state index in [2.05, 4.69) is 18.7 Å². The Kier molecular flexibility index (Phi) is 11.6. The molecular formula is C15H27NO2. The van der Waals surface area contributed by atoms with Crippen molar-refractivity contribution in [2.75, 3.05) is 26.2 Å². The van der Waals surface area contributed by atoms with E-state index in [1.54, 1.807) is 6.08 Å². The molecule has 3 nitrogen and oxygen atoms in total. The third-order valence-corrected chi connectivity index (χ3v) is 2.79. The summed E-state index contributed by atoms with van der Waals surface area (Å²) in [7, 11) is 0. The first-order chi connectivity index (χ1) is 8.74. The van der Waals surface area contributed by atoms with Gasteiger partial charge in [-0.25, -0.2) is 4.79 Å². The second-order valence-electron chi connectivity index (χ2n) is 4.14. The van der Waals surface area contributed by atoms with Gasteiger partial charge < -0.3 is 9.64 Å². The lowest BCUT2D eigenvalue weighted by Crippen LogP contribution is -2.23. The Morgan fingerprint density at radius 1 is 1.11 bits per heavy atom. The first-order valence-corrected chi connectivity index (χ1v) is 6.93. The summed E-state index contributed by atoms with van der Waals surface area (Å²) < 4.78 is 5.08. The number of hydrogen-bond donors (Lipinski definition) is 0. The van der Waals surface area contributed by atoms with Gasteiger partial charge in [0.25, 0.3) is 0 Å². The van der Waals surface area contributed by atoms with Gasteiger partial charge in [0.1, 0.15) is 0 Å². The summed E-state index contributed by atoms with van der Waals surface area (Å²) in [5, 5.41) is 0. The zero-order valence-corrected chi connectivity index (χ0v) is 12.0. The fourth-order valence-corrected chi connectivity index (χ4v) is 1.62. The molecule has 0 fully saturated rings. The van der Waals surface area contributed by atoms with Crippen LogP contribution in [0, 0.1) is 0 Å². The number of carbonyl (C=O) groups is 1. The van der Waals surface area contributed by atoms with Crippen LogP contribution in [0.25, 0.3) is 0 Å². The number of esters is 1. The zero-order chi connectivity index (χ0) is 13.6. The molecule has 104 valence electrons. The molecule has 0 aliphatic carbocycles. The number of nitrogens with zero attached hydrogens (tertiary/aromatic N) is 1. The molecule has 0 saturated heterocycles. The molecule has 0 heterocycles. The summed E-state index contributed by atoms with van der Waals surface area (Å²) in [5.74, 6) is -0.253. The highest BCUT2D eigenvalue weighted by molar-refractivity contribution is 5.82. The molecule has 0 radical (unpaired) electrons. The molecule has 0 aromatic heterocycles. The molecule has 0 unspecified atom stereocenters. The molecule has 0 amide bonds. The van der Waals surface area contributed by atoms with Crippen molar-refractivity contribution in [2.24, 2.45) is 0 Å². The van der Waals surface area contributed by atoms with Gasteiger partial charge in [-0.3, -0.25) is 0 Å². The zero-order valence-electron chi connectivity index (χ0n) is 12.0. The van der Waals surface area contributed by atoms with E-state index in [-0.39, 0.29) is 5.97 Å². The van der Waals surface area contributed by atoms with Crippen LogP contribution in [-0.4, -0.2) is 37.1 Å². The first kappa shape index (κ1) is 16.9. The van der Waals surface area contributed by atoms with E-state index in [0.717, 1.165) is 32.5 Å². The van der Waals surface area contributed by atoms with E-state index >= 15 is 0 Å². The van der Waals surface area contributed by atoms with Crippen molar-refractivity contribution in [1.29, 1.82) is 0 Å². The highest BCUT2D eigenvalue weighted by Gasteiger charge is 1.99. The Balaban J connectivity index is 3.42. The predicted molar refractivity (Wildman–Crippen MR) is 76.6 cm³/mol. The summed E-state index contributed by atoms with van der Waals surface area (Å²) in [6.45, 7) is 10.2. The lowest BCUT2D eigenvalue weighted by atomic mass is 10.2. The average molecular weight is 253 g/mol. The molecule has 0 bridgehead atoms. The average Bonchev–Trinajstić information content (AvgIpc) is 2.38. The van der Waals surface area contributed by atoms with Gasteiger partial charge >= 0.3 is 5.97 Å². The molecule has 0 atom stereocenters. The minimum Gasteiger partial charge on any atom is -0.463 e. The van der Waals surface area contributed by atoms with E-state index in [1.165, 1.54) is 12.5 Å². The smallest absolute Gasteiger partial charge is 0.330 e. The number of rotatable bonds is 10. The number of allylic oxidation sites excluding steroid dienone is 3. The van der Waals surface area contributed by atoms with Crippen molar-refractivity contribution in [3.05, 3.63) is 24.3 Å². The fraction of sp³-hybridized carbons (Fsp3) is 0.667. The monoisotopic (exact) mass is 253 g/mol. The van der Waals surface area contributed by atoms with Crippen LogP contribution in [-0.2, 0) is 9.53 Å². The molecule has 0 aromatic carbocycles. The Morgan fingerprint density at radius 2 is 1.83 bits per heavy atom. The summed E-state index contributed by atoms with van der Waals surface area (Å²) in [6, 6.07) is 0. The standard InChI is InChI=1S/C15H27NO2/c1-4-7-9-12-15(17)18-14-11-8-10-13-16(5-2)6-3/h4,7,9,12H,5-6,8,10-11,13-14H2,1-3H3. The molecule has 18 heavy (non-hydrogen) atoms. The van der Waals surface area contributed by atoms with Crippen LogP contribution >= 0.6 is 0 Å². The Morgan fingerprint density at radius 3 is 2.44 bits per heavy atom. The topological polar surface area (TPSA) is 29.5 Å². The summed E-state index contributed by atoms with van der Waals surface area (Å²) in [5.41, 5.74) is 0. The molecular weight excluding hydrogens is 226 g/mol. The van der Waals surface area contributed by atoms with Crippen LogP contribution in [0.1, 0.15) is 40.0 Å². The minimum absolute atomic E-state index is 0.253. The Hall–Kier alpha value is -1.09. The van der Waals surface area contributed by atoms with Crippen LogP contribution in [0.15, 0.2) is 24.3 Å². The highest BCUT2D eigenvalue weighted by Crippen LogP contribution is 1.99. The molecule has 0 saturated carbocycles. The maximum absolute atomic E-state index is 11.2. The van der Waals surface area contributed by atoms with E-state index in [1.807, 2.05) is 19.1 Å². The van der Waals surface area contributed by atoms with E-state index in [4.69, 9.17) is 4.74 Å². The SMILES string of the molecule is CC=CC=CC(=O)OCCCCCN(CC)CC. The molecule has 0 aliphatic rings. The van der Waals surface area contributed by atoms with Gasteiger partial charge in [0, 0.05) is 6.08 Å². The van der Waals surface area contributed by atoms with Crippen LogP contribution < -0.4 is 0 Å². The molecule has 0 N–H and O–H groups in total. The van der Waals surface area contributed by atoms with Crippen LogP contribution in [0.2, 0.25) is 0 Å². The van der Waals surface area contributed by atoms with Crippen LogP contribution in [0.4, 0.5) is 0 Å². The van der Waals surface area contributed by atoms with Gasteiger partial charge in [0.05, 0.1) is 6.61 Å². The Bertz CT molecular complexity index is 255. The van der Waals surface area contributed by atoms with Crippen molar-refractivity contribution in [2.45, 2.75) is 40.0 Å². The van der Waals surface area contributed by atoms with Gasteiger partial charge in [-0.15, -0.1) is 0 Å². The second kappa shape index (κ2) is 12.4. The van der Waals surface area contributed by atoms with Crippen molar-refractivity contribution in [3.63, 3.8) is 0 Å². The number of unbranched alkanes of at least 4 members (excludes halogenated alkanes) is 2. The van der Waals surface area contributed by atoms with E-state index in [9.17, 15) is 4.79 Å². The summed E-state index contributed by atoms with van der Waals surface area (Å²) in [6.07, 6.45) is 10.1. The largest absolute Gasteiger partial charge is 0.463 e.